The average Bonchev–Trinajstić information content (AvgIpc) is 3.48. The molecule has 154 valence electrons. The van der Waals surface area contributed by atoms with Crippen LogP contribution in [0.2, 0.25) is 4.34 Å². The number of carbonyl (C=O) groups is 1. The van der Waals surface area contributed by atoms with E-state index in [0.29, 0.717) is 22.3 Å². The summed E-state index contributed by atoms with van der Waals surface area (Å²) in [6, 6.07) is 15.8. The molecule has 1 saturated heterocycles. The maximum absolute atomic E-state index is 13.1. The van der Waals surface area contributed by atoms with E-state index in [-0.39, 0.29) is 11.9 Å². The first-order chi connectivity index (χ1) is 14.7. The number of benzene rings is 1. The fourth-order valence-electron chi connectivity index (χ4n) is 3.91. The average molecular weight is 441 g/mol. The van der Waals surface area contributed by atoms with Gasteiger partial charge in [-0.2, -0.15) is 0 Å². The molecule has 1 fully saturated rings. The van der Waals surface area contributed by atoms with Crippen LogP contribution >= 0.6 is 22.9 Å². The van der Waals surface area contributed by atoms with E-state index in [1.807, 2.05) is 53.1 Å². The smallest absolute Gasteiger partial charge is 0.268 e. The van der Waals surface area contributed by atoms with Crippen molar-refractivity contribution < 1.29 is 9.32 Å². The van der Waals surface area contributed by atoms with Crippen LogP contribution < -0.4 is 10.6 Å². The summed E-state index contributed by atoms with van der Waals surface area (Å²) in [6.45, 7) is 2.32. The van der Waals surface area contributed by atoms with Gasteiger partial charge in [0.1, 0.15) is 11.4 Å². The largest absolute Gasteiger partial charge is 0.355 e. The Hall–Kier alpha value is -2.61. The molecule has 5 rings (SSSR count). The molecule has 0 unspecified atom stereocenters. The lowest BCUT2D eigenvalue weighted by Gasteiger charge is -2.23. The molecule has 0 radical (unpaired) electrons. The second kappa shape index (κ2) is 8.26. The zero-order chi connectivity index (χ0) is 20.5. The summed E-state index contributed by atoms with van der Waals surface area (Å²) in [5.41, 5.74) is 2.39. The number of nitrogens with zero attached hydrogens (tertiary/aromatic N) is 2. The number of rotatable bonds is 5. The number of halogens is 1. The highest BCUT2D eigenvalue weighted by Crippen LogP contribution is 2.32. The lowest BCUT2D eigenvalue weighted by molar-refractivity contribution is 0.0921. The zero-order valence-electron chi connectivity index (χ0n) is 16.2. The zero-order valence-corrected chi connectivity index (χ0v) is 17.8. The van der Waals surface area contributed by atoms with Gasteiger partial charge in [-0.05, 0) is 50.2 Å². The van der Waals surface area contributed by atoms with Crippen molar-refractivity contribution in [1.82, 2.24) is 20.4 Å². The molecular weight excluding hydrogens is 420 g/mol. The van der Waals surface area contributed by atoms with E-state index in [9.17, 15) is 4.79 Å². The quantitative estimate of drug-likeness (QED) is 0.478. The molecule has 1 aliphatic rings. The lowest BCUT2D eigenvalue weighted by atomic mass is 10.1. The van der Waals surface area contributed by atoms with Crippen LogP contribution in [0.4, 0.5) is 0 Å². The fourth-order valence-corrected chi connectivity index (χ4v) is 4.90. The fraction of sp³-hybridized carbons (Fsp3) is 0.273. The Labute approximate surface area is 182 Å². The third-order valence-electron chi connectivity index (χ3n) is 5.41. The van der Waals surface area contributed by atoms with E-state index >= 15 is 0 Å². The minimum absolute atomic E-state index is 0.0492. The third kappa shape index (κ3) is 3.88. The van der Waals surface area contributed by atoms with Crippen LogP contribution in [-0.4, -0.2) is 34.8 Å². The van der Waals surface area contributed by atoms with Crippen molar-refractivity contribution in [2.45, 2.75) is 25.4 Å². The van der Waals surface area contributed by atoms with Gasteiger partial charge in [0.25, 0.3) is 5.91 Å². The molecule has 4 aromatic rings. The Balaban J connectivity index is 1.45. The normalized spacial score (nSPS) is 15.0. The second-order valence-corrected chi connectivity index (χ2v) is 9.17. The monoisotopic (exact) mass is 440 g/mol. The Morgan fingerprint density at radius 1 is 1.23 bits per heavy atom. The maximum atomic E-state index is 13.1. The van der Waals surface area contributed by atoms with Gasteiger partial charge in [0, 0.05) is 23.0 Å². The van der Waals surface area contributed by atoms with Crippen molar-refractivity contribution in [1.29, 1.82) is 0 Å². The van der Waals surface area contributed by atoms with Gasteiger partial charge in [-0.25, -0.2) is 0 Å². The van der Waals surface area contributed by atoms with Crippen molar-refractivity contribution >= 4 is 39.7 Å². The van der Waals surface area contributed by atoms with Gasteiger partial charge in [0.2, 0.25) is 0 Å². The third-order valence-corrected chi connectivity index (χ3v) is 6.66. The molecule has 1 aliphatic heterocycles. The number of fused-ring (bicyclic) bond motifs is 1. The summed E-state index contributed by atoms with van der Waals surface area (Å²) >= 11 is 7.48. The van der Waals surface area contributed by atoms with Crippen molar-refractivity contribution in [3.63, 3.8) is 0 Å². The number of amides is 1. The lowest BCUT2D eigenvalue weighted by Crippen LogP contribution is -2.43. The molecule has 0 atom stereocenters. The first-order valence-corrected chi connectivity index (χ1v) is 11.2. The molecule has 8 heteroatoms. The van der Waals surface area contributed by atoms with Gasteiger partial charge < -0.3 is 19.7 Å². The molecule has 1 amide bonds. The van der Waals surface area contributed by atoms with E-state index < -0.39 is 0 Å². The highest BCUT2D eigenvalue weighted by atomic mass is 35.5. The van der Waals surface area contributed by atoms with Crippen LogP contribution in [0.3, 0.4) is 0 Å². The summed E-state index contributed by atoms with van der Waals surface area (Å²) in [7, 11) is 0. The first kappa shape index (κ1) is 19.4. The second-order valence-electron chi connectivity index (χ2n) is 7.46. The van der Waals surface area contributed by atoms with Crippen LogP contribution in [0.5, 0.6) is 0 Å². The van der Waals surface area contributed by atoms with Crippen molar-refractivity contribution in [2.24, 2.45) is 0 Å². The van der Waals surface area contributed by atoms with Gasteiger partial charge in [-0.3, -0.25) is 4.79 Å². The van der Waals surface area contributed by atoms with Crippen LogP contribution in [0.1, 0.15) is 29.0 Å². The predicted molar refractivity (Wildman–Crippen MR) is 119 cm³/mol. The molecule has 3 aromatic heterocycles. The molecule has 0 bridgehead atoms. The van der Waals surface area contributed by atoms with E-state index in [2.05, 4.69) is 15.8 Å². The summed E-state index contributed by atoms with van der Waals surface area (Å²) in [6.07, 6.45) is 1.89. The summed E-state index contributed by atoms with van der Waals surface area (Å²) < 4.78 is 8.24. The van der Waals surface area contributed by atoms with Crippen LogP contribution in [0, 0.1) is 0 Å². The van der Waals surface area contributed by atoms with E-state index in [0.717, 1.165) is 47.4 Å². The van der Waals surface area contributed by atoms with Crippen LogP contribution in [-0.2, 0) is 6.54 Å². The minimum atomic E-state index is -0.0492. The SMILES string of the molecule is O=C(NC1CCNCC1)c1cc2ccccc2n1Cc1cc(-c2ccc(Cl)s2)on1. The summed E-state index contributed by atoms with van der Waals surface area (Å²) in [5.74, 6) is 0.630. The van der Waals surface area contributed by atoms with Gasteiger partial charge in [0.05, 0.1) is 15.8 Å². The number of aromatic nitrogens is 2. The molecule has 30 heavy (non-hydrogen) atoms. The predicted octanol–water partition coefficient (Wildman–Crippen LogP) is 4.54. The number of para-hydroxylation sites is 1. The summed E-state index contributed by atoms with van der Waals surface area (Å²) in [4.78, 5) is 14.0. The molecule has 1 aromatic carbocycles. The van der Waals surface area contributed by atoms with E-state index in [1.54, 1.807) is 0 Å². The number of hydrogen-bond acceptors (Lipinski definition) is 5. The Morgan fingerprint density at radius 3 is 2.87 bits per heavy atom. The van der Waals surface area contributed by atoms with Gasteiger partial charge >= 0.3 is 0 Å². The number of carbonyl (C=O) groups excluding carboxylic acids is 1. The minimum Gasteiger partial charge on any atom is -0.355 e. The van der Waals surface area contributed by atoms with Gasteiger partial charge in [-0.15, -0.1) is 11.3 Å². The van der Waals surface area contributed by atoms with Crippen molar-refractivity contribution in [3.8, 4) is 10.6 Å². The number of piperidine rings is 1. The summed E-state index contributed by atoms with van der Waals surface area (Å²) in [5, 5.41) is 11.8. The van der Waals surface area contributed by atoms with Gasteiger partial charge in [0.15, 0.2) is 5.76 Å². The molecule has 6 nitrogen and oxygen atoms in total. The number of hydrogen-bond donors (Lipinski definition) is 2. The van der Waals surface area contributed by atoms with Gasteiger partial charge in [-0.1, -0.05) is 35.0 Å². The van der Waals surface area contributed by atoms with Crippen LogP contribution in [0.25, 0.3) is 21.5 Å². The number of thiophene rings is 1. The van der Waals surface area contributed by atoms with Crippen molar-refractivity contribution in [2.75, 3.05) is 13.1 Å². The molecule has 4 heterocycles. The van der Waals surface area contributed by atoms with Crippen molar-refractivity contribution in [3.05, 3.63) is 64.3 Å². The highest BCUT2D eigenvalue weighted by Gasteiger charge is 2.21. The maximum Gasteiger partial charge on any atom is 0.268 e. The molecule has 0 spiro atoms. The topological polar surface area (TPSA) is 72.1 Å². The number of nitrogens with one attached hydrogen (secondary N) is 2. The Kier molecular flexibility index (Phi) is 5.33. The van der Waals surface area contributed by atoms with E-state index in [4.69, 9.17) is 16.1 Å². The van der Waals surface area contributed by atoms with E-state index in [1.165, 1.54) is 11.3 Å². The molecule has 2 N–H and O–H groups in total. The highest BCUT2D eigenvalue weighted by molar-refractivity contribution is 7.19. The standard InChI is InChI=1S/C22H21ClN4O2S/c23-21-6-5-20(30-21)19-12-16(26-29-19)13-27-17-4-2-1-3-14(17)11-18(27)22(28)25-15-7-9-24-10-8-15/h1-6,11-12,15,24H,7-10,13H2,(H,25,28). The molecule has 0 saturated carbocycles. The Morgan fingerprint density at radius 2 is 2.07 bits per heavy atom. The molecule has 0 aliphatic carbocycles. The Bertz CT molecular complexity index is 1190. The molecular formula is C22H21ClN4O2S. The first-order valence-electron chi connectivity index (χ1n) is 9.98. The van der Waals surface area contributed by atoms with Crippen LogP contribution in [0.15, 0.2) is 53.1 Å².